The van der Waals surface area contributed by atoms with Crippen LogP contribution in [-0.4, -0.2) is 126 Å². The smallest absolute Gasteiger partial charge is 0.411 e. The van der Waals surface area contributed by atoms with Gasteiger partial charge in [0.25, 0.3) is 0 Å². The Bertz CT molecular complexity index is 1540. The molecule has 1 amide bonds. The van der Waals surface area contributed by atoms with E-state index in [4.69, 9.17) is 28.7 Å². The van der Waals surface area contributed by atoms with Gasteiger partial charge >= 0.3 is 12.1 Å². The largest absolute Gasteiger partial charge is 0.458 e. The third-order valence-corrected chi connectivity index (χ3v) is 12.3. The molecule has 1 aromatic rings. The Balaban J connectivity index is 1.66. The molecule has 3 saturated heterocycles. The number of amides is 1. The van der Waals surface area contributed by atoms with Crippen molar-refractivity contribution in [2.75, 3.05) is 27.2 Å². The first kappa shape index (κ1) is 42.0. The number of rotatable bonds is 9. The molecule has 54 heavy (non-hydrogen) atoms. The lowest BCUT2D eigenvalue weighted by molar-refractivity contribution is -0.296. The number of hydrogen-bond donors (Lipinski definition) is 1. The first-order chi connectivity index (χ1) is 25.4. The zero-order valence-corrected chi connectivity index (χ0v) is 33.9. The molecule has 3 fully saturated rings. The van der Waals surface area contributed by atoms with Crippen molar-refractivity contribution in [3.8, 4) is 0 Å². The Hall–Kier alpha value is -3.16. The van der Waals surface area contributed by atoms with Crippen LogP contribution in [0.4, 0.5) is 4.79 Å². The molecular formula is C42H63N3O9. The van der Waals surface area contributed by atoms with Gasteiger partial charge in [-0.3, -0.25) is 19.5 Å². The monoisotopic (exact) mass is 753 g/mol. The Morgan fingerprint density at radius 1 is 1.07 bits per heavy atom. The van der Waals surface area contributed by atoms with E-state index in [0.29, 0.717) is 32.2 Å². The molecule has 0 unspecified atom stereocenters. The number of fused-ring (bicyclic) bond motifs is 1. The fourth-order valence-corrected chi connectivity index (χ4v) is 9.59. The molecule has 0 aromatic heterocycles. The second kappa shape index (κ2) is 16.9. The number of Topliss-reactive ketones (excluding diaryl/α,β-unsaturated/α-hetero) is 1. The van der Waals surface area contributed by atoms with Gasteiger partial charge in [-0.05, 0) is 79.0 Å². The van der Waals surface area contributed by atoms with Gasteiger partial charge in [0.1, 0.15) is 18.1 Å². The number of aliphatic hydroxyl groups is 1. The number of esters is 1. The molecular weight excluding hydrogens is 690 g/mol. The van der Waals surface area contributed by atoms with Gasteiger partial charge in [0.2, 0.25) is 0 Å². The maximum atomic E-state index is 14.5. The second-order valence-electron chi connectivity index (χ2n) is 16.7. The van der Waals surface area contributed by atoms with Crippen LogP contribution < -0.4 is 0 Å². The number of ether oxygens (including phenoxy) is 5. The molecule has 12 nitrogen and oxygen atoms in total. The molecule has 5 rings (SSSR count). The van der Waals surface area contributed by atoms with Crippen molar-refractivity contribution in [3.05, 3.63) is 48.6 Å². The number of nitrogens with zero attached hydrogens (tertiary/aromatic N) is 3. The van der Waals surface area contributed by atoms with Crippen molar-refractivity contribution in [1.29, 1.82) is 0 Å². The molecule has 0 aliphatic carbocycles. The summed E-state index contributed by atoms with van der Waals surface area (Å²) in [6, 6.07) is 9.03. The van der Waals surface area contributed by atoms with E-state index >= 15 is 0 Å². The third-order valence-electron chi connectivity index (χ3n) is 12.3. The lowest BCUT2D eigenvalue weighted by Crippen LogP contribution is -2.60. The van der Waals surface area contributed by atoms with E-state index < -0.39 is 71.5 Å². The van der Waals surface area contributed by atoms with Crippen LogP contribution in [0, 0.1) is 23.7 Å². The highest BCUT2D eigenvalue weighted by atomic mass is 16.7. The maximum absolute atomic E-state index is 14.5. The van der Waals surface area contributed by atoms with E-state index in [1.54, 1.807) is 24.8 Å². The van der Waals surface area contributed by atoms with E-state index in [1.165, 1.54) is 0 Å². The Morgan fingerprint density at radius 3 is 2.39 bits per heavy atom. The van der Waals surface area contributed by atoms with Crippen LogP contribution in [0.1, 0.15) is 80.2 Å². The van der Waals surface area contributed by atoms with E-state index in [0.717, 1.165) is 11.3 Å². The predicted molar refractivity (Wildman–Crippen MR) is 205 cm³/mol. The van der Waals surface area contributed by atoms with Crippen molar-refractivity contribution in [2.24, 2.45) is 28.7 Å². The van der Waals surface area contributed by atoms with Gasteiger partial charge < -0.3 is 33.7 Å². The van der Waals surface area contributed by atoms with Crippen LogP contribution in [0.5, 0.6) is 0 Å². The molecule has 0 spiro atoms. The van der Waals surface area contributed by atoms with E-state index in [-0.39, 0.29) is 36.6 Å². The van der Waals surface area contributed by atoms with Crippen LogP contribution in [-0.2, 0) is 39.7 Å². The number of carbonyl (C=O) groups is 3. The third kappa shape index (κ3) is 8.33. The van der Waals surface area contributed by atoms with E-state index in [2.05, 4.69) is 32.6 Å². The summed E-state index contributed by atoms with van der Waals surface area (Å²) in [7, 11) is 3.81. The fraction of sp³-hybridized carbons (Fsp3) is 0.714. The summed E-state index contributed by atoms with van der Waals surface area (Å²) in [5.41, 5.74) is -0.421. The lowest BCUT2D eigenvalue weighted by atomic mass is 9.73. The first-order valence-electron chi connectivity index (χ1n) is 19.7. The van der Waals surface area contributed by atoms with Crippen molar-refractivity contribution in [3.63, 3.8) is 0 Å². The van der Waals surface area contributed by atoms with Gasteiger partial charge in [-0.1, -0.05) is 64.1 Å². The highest BCUT2D eigenvalue weighted by Gasteiger charge is 2.61. The molecule has 4 heterocycles. The highest BCUT2D eigenvalue weighted by Crippen LogP contribution is 2.45. The van der Waals surface area contributed by atoms with Crippen molar-refractivity contribution < 1.29 is 43.2 Å². The topological polar surface area (TPSA) is 136 Å². The van der Waals surface area contributed by atoms with Gasteiger partial charge in [0.05, 0.1) is 36.5 Å². The Kier molecular flexibility index (Phi) is 13.2. The summed E-state index contributed by atoms with van der Waals surface area (Å²) in [6.45, 7) is 19.4. The summed E-state index contributed by atoms with van der Waals surface area (Å²) >= 11 is 0. The van der Waals surface area contributed by atoms with Crippen molar-refractivity contribution in [1.82, 2.24) is 9.80 Å². The maximum Gasteiger partial charge on any atom is 0.411 e. The second-order valence-corrected chi connectivity index (χ2v) is 16.7. The minimum absolute atomic E-state index is 0.153. The van der Waals surface area contributed by atoms with E-state index in [1.807, 2.05) is 64.9 Å². The zero-order chi connectivity index (χ0) is 39.7. The highest BCUT2D eigenvalue weighted by molar-refractivity contribution is 6.00. The number of carbonyl (C=O) groups excluding carboxylic acids is 3. The quantitative estimate of drug-likeness (QED) is 0.203. The average Bonchev–Trinajstić information content (AvgIpc) is 3.28. The van der Waals surface area contributed by atoms with Crippen molar-refractivity contribution in [2.45, 2.75) is 141 Å². The van der Waals surface area contributed by atoms with Gasteiger partial charge in [0.15, 0.2) is 17.7 Å². The molecule has 4 aliphatic rings. The molecule has 1 N–H and O–H groups in total. The minimum atomic E-state index is -1.22. The molecule has 4 aliphatic heterocycles. The molecule has 1 aromatic carbocycles. The standard InChI is InChI=1S/C42H63N3O9/c1-12-19-50-41(8)22-24(3)33-26(5)36-42(9,54-40(49)45(36)23-30(43-33)21-29-17-15-14-16-18-29)32(13-2)52-38(48)28(7)34(46)27(6)37(41)53-39-35(47)31(44(10)11)20-25(4)51-39/h12,14-18,24-28,30-32,35-37,39,47H,1,13,19-23H2,2-11H3/t24-,25-,26+,27+,28-,30-,31+,32-,35-,36-,37-,39+,41-,42-/m1/s1. The molecule has 12 heteroatoms. The minimum Gasteiger partial charge on any atom is -0.458 e. The van der Waals surface area contributed by atoms with Crippen molar-refractivity contribution >= 4 is 23.6 Å². The van der Waals surface area contributed by atoms with Crippen LogP contribution in [0.25, 0.3) is 0 Å². The molecule has 0 saturated carbocycles. The summed E-state index contributed by atoms with van der Waals surface area (Å²) in [5.74, 6) is -3.73. The Morgan fingerprint density at radius 2 is 1.76 bits per heavy atom. The number of ketones is 1. The van der Waals surface area contributed by atoms with Gasteiger partial charge in [0, 0.05) is 30.1 Å². The zero-order valence-electron chi connectivity index (χ0n) is 33.9. The number of cyclic esters (lactones) is 1. The summed E-state index contributed by atoms with van der Waals surface area (Å²) in [6.07, 6.45) is -1.03. The fourth-order valence-electron chi connectivity index (χ4n) is 9.59. The molecule has 2 bridgehead atoms. The molecule has 0 radical (unpaired) electrons. The Labute approximate surface area is 321 Å². The molecule has 300 valence electrons. The van der Waals surface area contributed by atoms with Gasteiger partial charge in [-0.2, -0.15) is 0 Å². The van der Waals surface area contributed by atoms with E-state index in [9.17, 15) is 19.5 Å². The number of likely N-dealkylation sites (N-methyl/N-ethyl adjacent to an activating group) is 1. The predicted octanol–water partition coefficient (Wildman–Crippen LogP) is 5.24. The number of benzene rings is 1. The molecule has 14 atom stereocenters. The van der Waals surface area contributed by atoms with Crippen LogP contribution >= 0.6 is 0 Å². The van der Waals surface area contributed by atoms with Crippen LogP contribution in [0.2, 0.25) is 0 Å². The van der Waals surface area contributed by atoms with Gasteiger partial charge in [-0.15, -0.1) is 6.58 Å². The number of aliphatic imine (C=N–C) groups is 1. The van der Waals surface area contributed by atoms with Crippen LogP contribution in [0.15, 0.2) is 48.0 Å². The number of hydrogen-bond acceptors (Lipinski definition) is 11. The summed E-state index contributed by atoms with van der Waals surface area (Å²) < 4.78 is 32.2. The summed E-state index contributed by atoms with van der Waals surface area (Å²) in [5, 5.41) is 11.6. The lowest BCUT2D eigenvalue weighted by Gasteiger charge is -2.47. The van der Waals surface area contributed by atoms with Gasteiger partial charge in [-0.25, -0.2) is 4.79 Å². The summed E-state index contributed by atoms with van der Waals surface area (Å²) in [4.78, 5) is 51.5. The average molecular weight is 754 g/mol. The normalized spacial score (nSPS) is 40.7. The SMILES string of the molecule is C=CCO[C@]1(C)C[C@@H](C)C2=N[C@H](Cc3ccccc3)CN3C(=O)O[C@](C)([C@@H](CC)OC(=O)[C@H](C)C(=O)[C@H](C)[C@H]1O[C@@H]1O[C@H](C)C[C@H](N(C)C)[C@H]1O)[C@H]3[C@H]2C. The van der Waals surface area contributed by atoms with Crippen LogP contribution in [0.3, 0.4) is 0 Å². The number of aliphatic hydroxyl groups excluding tert-OH is 1. The first-order valence-corrected chi connectivity index (χ1v) is 19.7.